The summed E-state index contributed by atoms with van der Waals surface area (Å²) < 4.78 is 12.2. The molecule has 0 spiro atoms. The van der Waals surface area contributed by atoms with Crippen LogP contribution in [0.15, 0.2) is 91.0 Å². The van der Waals surface area contributed by atoms with Crippen LogP contribution in [0.25, 0.3) is 11.1 Å². The van der Waals surface area contributed by atoms with Gasteiger partial charge in [-0.05, 0) is 78.7 Å². The van der Waals surface area contributed by atoms with Crippen molar-refractivity contribution in [3.8, 4) is 28.7 Å². The molecule has 62 heavy (non-hydrogen) atoms. The average molecular weight is 843 g/mol. The van der Waals surface area contributed by atoms with Crippen molar-refractivity contribution in [3.05, 3.63) is 119 Å². The van der Waals surface area contributed by atoms with Gasteiger partial charge in [-0.1, -0.05) is 73.7 Å². The van der Waals surface area contributed by atoms with Gasteiger partial charge in [0.1, 0.15) is 30.8 Å². The third-order valence-corrected chi connectivity index (χ3v) is 11.1. The fourth-order valence-corrected chi connectivity index (χ4v) is 7.77. The predicted octanol–water partition coefficient (Wildman–Crippen LogP) is 5.06. The highest BCUT2D eigenvalue weighted by Crippen LogP contribution is 2.41. The number of ether oxygens (including phenoxy) is 2. The molecule has 0 aromatic heterocycles. The number of nitrogens with zero attached hydrogens (tertiary/aromatic N) is 2. The van der Waals surface area contributed by atoms with Crippen LogP contribution in [0.5, 0.6) is 11.5 Å². The van der Waals surface area contributed by atoms with E-state index in [2.05, 4.69) is 17.4 Å². The van der Waals surface area contributed by atoms with Crippen LogP contribution < -0.4 is 32.0 Å². The minimum Gasteiger partial charge on any atom is -0.492 e. The fourth-order valence-electron chi connectivity index (χ4n) is 7.77. The van der Waals surface area contributed by atoms with Crippen LogP contribution in [-0.4, -0.2) is 80.0 Å². The summed E-state index contributed by atoms with van der Waals surface area (Å²) in [4.78, 5) is 71.6. The summed E-state index contributed by atoms with van der Waals surface area (Å²) in [5.41, 5.74) is 22.7. The molecule has 4 aromatic rings. The lowest BCUT2D eigenvalue weighted by Crippen LogP contribution is -2.46. The van der Waals surface area contributed by atoms with Crippen LogP contribution in [0.1, 0.15) is 77.7 Å². The monoisotopic (exact) mass is 842 g/mol. The Morgan fingerprint density at radius 3 is 2.08 bits per heavy atom. The van der Waals surface area contributed by atoms with Gasteiger partial charge in [0.25, 0.3) is 0 Å². The van der Waals surface area contributed by atoms with E-state index in [4.69, 9.17) is 26.7 Å². The van der Waals surface area contributed by atoms with Crippen LogP contribution in [0.4, 0.5) is 0 Å². The zero-order valence-corrected chi connectivity index (χ0v) is 35.6. The molecule has 0 unspecified atom stereocenters. The quantitative estimate of drug-likeness (QED) is 0.0914. The Bertz CT molecular complexity index is 2220. The molecule has 1 aliphatic heterocycles. The number of rotatable bonds is 19. The van der Waals surface area contributed by atoms with Crippen LogP contribution in [0.2, 0.25) is 0 Å². The van der Waals surface area contributed by atoms with Gasteiger partial charge >= 0.3 is 0 Å². The summed E-state index contributed by atoms with van der Waals surface area (Å²) in [6.45, 7) is 2.53. The molecule has 0 saturated heterocycles. The molecule has 1 aliphatic rings. The summed E-state index contributed by atoms with van der Waals surface area (Å²) in [7, 11) is 1.52. The number of ketones is 3. The van der Waals surface area contributed by atoms with Crippen molar-refractivity contribution in [3.63, 3.8) is 0 Å². The molecule has 0 fully saturated rings. The van der Waals surface area contributed by atoms with E-state index in [1.54, 1.807) is 49.4 Å². The number of benzene rings is 4. The summed E-state index contributed by atoms with van der Waals surface area (Å²) in [5.74, 6) is -2.83. The first-order valence-electron chi connectivity index (χ1n) is 21.3. The molecule has 326 valence electrons. The highest BCUT2D eigenvalue weighted by atomic mass is 16.5. The maximum Gasteiger partial charge on any atom is 0.226 e. The minimum atomic E-state index is -1.20. The summed E-state index contributed by atoms with van der Waals surface area (Å²) in [6.07, 6.45) is 1.48. The number of hydrogen-bond acceptors (Lipinski definition) is 11. The lowest BCUT2D eigenvalue weighted by atomic mass is 9.88. The second kappa shape index (κ2) is 23.1. The van der Waals surface area contributed by atoms with E-state index in [0.717, 1.165) is 18.4 Å². The van der Waals surface area contributed by atoms with Gasteiger partial charge in [0.2, 0.25) is 11.8 Å². The van der Waals surface area contributed by atoms with Gasteiger partial charge in [0.15, 0.2) is 17.3 Å². The lowest BCUT2D eigenvalue weighted by Gasteiger charge is -2.32. The average Bonchev–Trinajstić information content (AvgIpc) is 3.28. The third-order valence-electron chi connectivity index (χ3n) is 11.1. The molecule has 2 amide bonds. The molecule has 13 heteroatoms. The van der Waals surface area contributed by atoms with Crippen molar-refractivity contribution in [2.45, 2.75) is 70.4 Å². The normalized spacial score (nSPS) is 16.9. The zero-order chi connectivity index (χ0) is 44.6. The van der Waals surface area contributed by atoms with E-state index in [1.165, 1.54) is 17.5 Å². The topological polar surface area (TPSA) is 221 Å². The molecule has 4 aromatic carbocycles. The molecule has 0 aliphatic carbocycles. The van der Waals surface area contributed by atoms with Crippen molar-refractivity contribution in [1.82, 2.24) is 10.2 Å². The molecule has 0 radical (unpaired) electrons. The van der Waals surface area contributed by atoms with E-state index in [9.17, 15) is 29.2 Å². The molecule has 7 N–H and O–H groups in total. The first-order chi connectivity index (χ1) is 30.0. The van der Waals surface area contributed by atoms with Gasteiger partial charge < -0.3 is 36.9 Å². The number of nitriles is 1. The molecule has 13 nitrogen and oxygen atoms in total. The fraction of sp³-hybridized carbons (Fsp3) is 0.388. The van der Waals surface area contributed by atoms with Gasteiger partial charge in [-0.2, -0.15) is 5.26 Å². The molecule has 1 heterocycles. The zero-order valence-electron chi connectivity index (χ0n) is 35.6. The Hall–Kier alpha value is -6.20. The van der Waals surface area contributed by atoms with E-state index >= 15 is 0 Å². The smallest absolute Gasteiger partial charge is 0.226 e. The standard InChI is InChI=1S/C49H58N6O7/c1-32-27-44(58)47(55(2)49(60)38(20-22-51)31-43(57)36-15-12-34(13-16-36)11-10-33-7-4-3-5-8-33)37-17-19-46(62-26-24-53)40(30-37)39-28-35(14-18-45(39)61-25-23-52)29-41(54-48(32)59)42(56)9-6-21-50/h3-5,7-8,12-19,28,30,32,38,41,47H,6,9-11,20,22-27,29,31,51-53H2,1-2H3,(H,54,59)/t32-,38-,41+,47+/m1/s1. The van der Waals surface area contributed by atoms with Gasteiger partial charge in [-0.25, -0.2) is 0 Å². The Morgan fingerprint density at radius 2 is 1.45 bits per heavy atom. The Labute approximate surface area is 363 Å². The first kappa shape index (κ1) is 46.9. The SMILES string of the molecule is C[C@@H]1CC(=O)[C@@H](N(C)C(=O)[C@H](CCN)CC(=O)c2ccc(CCc3ccccc3)cc2)c2ccc(OCCN)c(c2)-c2cc(ccc2OCCN)C[C@@H](C(=O)CCC#N)NC1=O. The van der Waals surface area contributed by atoms with Crippen LogP contribution in [0.3, 0.4) is 0 Å². The largest absolute Gasteiger partial charge is 0.492 e. The first-order valence-corrected chi connectivity index (χ1v) is 21.3. The highest BCUT2D eigenvalue weighted by molar-refractivity contribution is 6.00. The number of carbonyl (C=O) groups excluding carboxylic acids is 5. The summed E-state index contributed by atoms with van der Waals surface area (Å²) in [5, 5.41) is 12.1. The van der Waals surface area contributed by atoms with E-state index in [1.807, 2.05) is 42.5 Å². The minimum absolute atomic E-state index is 0.0226. The molecule has 5 rings (SSSR count). The second-order valence-corrected chi connectivity index (χ2v) is 15.8. The van der Waals surface area contributed by atoms with Crippen molar-refractivity contribution in [2.24, 2.45) is 29.0 Å². The Morgan fingerprint density at radius 1 is 0.823 bits per heavy atom. The van der Waals surface area contributed by atoms with Gasteiger partial charge in [-0.15, -0.1) is 0 Å². The third kappa shape index (κ3) is 12.4. The van der Waals surface area contributed by atoms with Crippen molar-refractivity contribution < 1.29 is 33.4 Å². The predicted molar refractivity (Wildman–Crippen MR) is 237 cm³/mol. The molecule has 4 bridgehead atoms. The number of fused-ring (bicyclic) bond motifs is 5. The number of nitrogens with two attached hydrogens (primary N) is 3. The van der Waals surface area contributed by atoms with Gasteiger partial charge in [-0.3, -0.25) is 24.0 Å². The maximum absolute atomic E-state index is 14.6. The maximum atomic E-state index is 14.6. The van der Waals surface area contributed by atoms with Crippen molar-refractivity contribution >= 4 is 29.2 Å². The molecular formula is C49H58N6O7. The van der Waals surface area contributed by atoms with E-state index in [-0.39, 0.29) is 82.9 Å². The van der Waals surface area contributed by atoms with Gasteiger partial charge in [0.05, 0.1) is 12.1 Å². The van der Waals surface area contributed by atoms with E-state index < -0.39 is 41.5 Å². The number of carbonyl (C=O) groups is 5. The van der Waals surface area contributed by atoms with Crippen molar-refractivity contribution in [1.29, 1.82) is 5.26 Å². The van der Waals surface area contributed by atoms with Crippen molar-refractivity contribution in [2.75, 3.05) is 39.9 Å². The Balaban J connectivity index is 1.53. The molecule has 4 atom stereocenters. The highest BCUT2D eigenvalue weighted by Gasteiger charge is 2.36. The molecular weight excluding hydrogens is 785 g/mol. The summed E-state index contributed by atoms with van der Waals surface area (Å²) >= 11 is 0. The van der Waals surface area contributed by atoms with E-state index in [0.29, 0.717) is 39.3 Å². The van der Waals surface area contributed by atoms with Crippen LogP contribution in [0, 0.1) is 23.2 Å². The number of nitrogens with one attached hydrogen (secondary N) is 1. The number of aryl methyl sites for hydroxylation is 2. The second-order valence-electron chi connectivity index (χ2n) is 15.8. The number of likely N-dealkylation sites (N-methyl/N-ethyl adjacent to an activating group) is 1. The van der Waals surface area contributed by atoms with Gasteiger partial charge in [0, 0.05) is 74.3 Å². The number of hydrogen-bond donors (Lipinski definition) is 4. The Kier molecular flexibility index (Phi) is 17.5. The lowest BCUT2D eigenvalue weighted by molar-refractivity contribution is -0.142. The number of Topliss-reactive ketones (excluding diaryl/α,β-unsaturated/α-hetero) is 3. The van der Waals surface area contributed by atoms with Crippen LogP contribution >= 0.6 is 0 Å². The summed E-state index contributed by atoms with van der Waals surface area (Å²) in [6, 6.07) is 27.9. The number of amides is 2. The molecule has 0 saturated carbocycles. The van der Waals surface area contributed by atoms with Crippen LogP contribution in [-0.2, 0) is 38.4 Å².